The largest absolute Gasteiger partial charge is 0.354 e. The van der Waals surface area contributed by atoms with Crippen molar-refractivity contribution in [2.45, 2.75) is 0 Å². The summed E-state index contributed by atoms with van der Waals surface area (Å²) in [5.74, 6) is 0.630. The summed E-state index contributed by atoms with van der Waals surface area (Å²) < 4.78 is 1.76. The number of amides is 1. The average molecular weight is 337 g/mol. The zero-order valence-corrected chi connectivity index (χ0v) is 14.0. The molecule has 25 heavy (non-hydrogen) atoms. The Morgan fingerprint density at radius 2 is 1.80 bits per heavy atom. The molecule has 0 bridgehead atoms. The van der Waals surface area contributed by atoms with Crippen molar-refractivity contribution < 1.29 is 4.79 Å². The van der Waals surface area contributed by atoms with E-state index < -0.39 is 0 Å². The van der Waals surface area contributed by atoms with Gasteiger partial charge in [-0.1, -0.05) is 0 Å². The number of fused-ring (bicyclic) bond motifs is 1. The SMILES string of the molecule is CN1CCN(c2ccc(NC(=O)c3nccn4ccnc34)cn2)CC1. The Bertz CT molecular complexity index is 881. The molecular formula is C17H19N7O. The first-order chi connectivity index (χ1) is 12.2. The fourth-order valence-electron chi connectivity index (χ4n) is 2.89. The van der Waals surface area contributed by atoms with Crippen molar-refractivity contribution in [2.24, 2.45) is 0 Å². The molecule has 8 heteroatoms. The van der Waals surface area contributed by atoms with Crippen molar-refractivity contribution in [3.8, 4) is 0 Å². The lowest BCUT2D eigenvalue weighted by Gasteiger charge is -2.33. The van der Waals surface area contributed by atoms with Crippen LogP contribution in [0, 0.1) is 0 Å². The quantitative estimate of drug-likeness (QED) is 0.772. The van der Waals surface area contributed by atoms with Crippen LogP contribution in [0.3, 0.4) is 0 Å². The number of carbonyl (C=O) groups excluding carboxylic acids is 1. The number of piperazine rings is 1. The minimum absolute atomic E-state index is 0.288. The van der Waals surface area contributed by atoms with E-state index in [9.17, 15) is 4.79 Å². The monoisotopic (exact) mass is 337 g/mol. The summed E-state index contributed by atoms with van der Waals surface area (Å²) in [6.45, 7) is 3.97. The molecule has 0 aromatic carbocycles. The van der Waals surface area contributed by atoms with Crippen molar-refractivity contribution in [1.82, 2.24) is 24.3 Å². The van der Waals surface area contributed by atoms with Crippen LogP contribution in [0.4, 0.5) is 11.5 Å². The molecule has 1 saturated heterocycles. The van der Waals surface area contributed by atoms with Crippen LogP contribution >= 0.6 is 0 Å². The Balaban J connectivity index is 1.47. The zero-order chi connectivity index (χ0) is 17.2. The van der Waals surface area contributed by atoms with Crippen LogP contribution in [0.2, 0.25) is 0 Å². The maximum absolute atomic E-state index is 12.5. The fraction of sp³-hybridized carbons (Fsp3) is 0.294. The van der Waals surface area contributed by atoms with Gasteiger partial charge in [-0.2, -0.15) is 0 Å². The summed E-state index contributed by atoms with van der Waals surface area (Å²) in [4.78, 5) is 29.8. The van der Waals surface area contributed by atoms with Gasteiger partial charge in [0, 0.05) is 51.0 Å². The molecule has 1 aliphatic rings. The number of anilines is 2. The standard InChI is InChI=1S/C17H19N7O/c1-22-8-10-23(11-9-22)14-3-2-13(12-20-14)21-17(25)15-16-19-5-7-24(16)6-4-18-15/h2-7,12H,8-11H2,1H3,(H,21,25). The maximum Gasteiger partial charge on any atom is 0.278 e. The Morgan fingerprint density at radius 3 is 2.52 bits per heavy atom. The van der Waals surface area contributed by atoms with Crippen molar-refractivity contribution >= 4 is 23.1 Å². The summed E-state index contributed by atoms with van der Waals surface area (Å²) in [7, 11) is 2.12. The van der Waals surface area contributed by atoms with Gasteiger partial charge in [0.25, 0.3) is 5.91 Å². The molecule has 3 aromatic heterocycles. The number of carbonyl (C=O) groups is 1. The number of rotatable bonds is 3. The second kappa shape index (κ2) is 6.48. The summed E-state index contributed by atoms with van der Waals surface area (Å²) in [5.41, 5.74) is 1.45. The van der Waals surface area contributed by atoms with E-state index in [2.05, 4.69) is 37.1 Å². The van der Waals surface area contributed by atoms with Gasteiger partial charge in [-0.3, -0.25) is 4.79 Å². The van der Waals surface area contributed by atoms with Gasteiger partial charge in [-0.05, 0) is 19.2 Å². The van der Waals surface area contributed by atoms with Crippen molar-refractivity contribution in [1.29, 1.82) is 0 Å². The van der Waals surface area contributed by atoms with Gasteiger partial charge in [0.1, 0.15) is 5.82 Å². The fourth-order valence-corrected chi connectivity index (χ4v) is 2.89. The van der Waals surface area contributed by atoms with E-state index >= 15 is 0 Å². The molecule has 128 valence electrons. The number of pyridine rings is 1. The first-order valence-corrected chi connectivity index (χ1v) is 8.19. The van der Waals surface area contributed by atoms with Crippen LogP contribution in [0.15, 0.2) is 43.1 Å². The summed E-state index contributed by atoms with van der Waals surface area (Å²) >= 11 is 0. The molecule has 0 unspecified atom stereocenters. The first kappa shape index (κ1) is 15.5. The lowest BCUT2D eigenvalue weighted by atomic mass is 10.3. The Labute approximate surface area is 145 Å². The minimum Gasteiger partial charge on any atom is -0.354 e. The highest BCUT2D eigenvalue weighted by Crippen LogP contribution is 2.17. The second-order valence-electron chi connectivity index (χ2n) is 6.08. The molecule has 0 saturated carbocycles. The predicted octanol–water partition coefficient (Wildman–Crippen LogP) is 1.13. The lowest BCUT2D eigenvalue weighted by Crippen LogP contribution is -2.44. The van der Waals surface area contributed by atoms with Gasteiger partial charge in [-0.25, -0.2) is 15.0 Å². The highest BCUT2D eigenvalue weighted by Gasteiger charge is 2.16. The molecule has 4 heterocycles. The van der Waals surface area contributed by atoms with Crippen molar-refractivity contribution in [3.63, 3.8) is 0 Å². The minimum atomic E-state index is -0.300. The van der Waals surface area contributed by atoms with E-state index in [0.717, 1.165) is 32.0 Å². The summed E-state index contributed by atoms with van der Waals surface area (Å²) in [6.07, 6.45) is 8.43. The molecule has 1 aliphatic heterocycles. The zero-order valence-electron chi connectivity index (χ0n) is 14.0. The topological polar surface area (TPSA) is 78.7 Å². The van der Waals surface area contributed by atoms with Gasteiger partial charge in [0.2, 0.25) is 0 Å². The maximum atomic E-state index is 12.5. The lowest BCUT2D eigenvalue weighted by molar-refractivity contribution is 0.102. The van der Waals surface area contributed by atoms with Crippen LogP contribution in [-0.4, -0.2) is 63.4 Å². The van der Waals surface area contributed by atoms with Crippen molar-refractivity contribution in [3.05, 3.63) is 48.8 Å². The molecular weight excluding hydrogens is 318 g/mol. The van der Waals surface area contributed by atoms with E-state index in [1.807, 2.05) is 12.1 Å². The highest BCUT2D eigenvalue weighted by molar-refractivity contribution is 6.06. The van der Waals surface area contributed by atoms with Crippen LogP contribution in [0.25, 0.3) is 5.65 Å². The van der Waals surface area contributed by atoms with Gasteiger partial charge in [0.15, 0.2) is 11.3 Å². The molecule has 1 amide bonds. The molecule has 4 rings (SSSR count). The average Bonchev–Trinajstić information content (AvgIpc) is 3.12. The number of aromatic nitrogens is 4. The van der Waals surface area contributed by atoms with E-state index in [1.54, 1.807) is 35.4 Å². The third-order valence-electron chi connectivity index (χ3n) is 4.36. The van der Waals surface area contributed by atoms with Crippen LogP contribution < -0.4 is 10.2 Å². The van der Waals surface area contributed by atoms with Gasteiger partial charge >= 0.3 is 0 Å². The van der Waals surface area contributed by atoms with E-state index in [1.165, 1.54) is 0 Å². The molecule has 0 aliphatic carbocycles. The highest BCUT2D eigenvalue weighted by atomic mass is 16.1. The molecule has 1 fully saturated rings. The summed E-state index contributed by atoms with van der Waals surface area (Å²) in [5, 5.41) is 2.83. The second-order valence-corrected chi connectivity index (χ2v) is 6.08. The molecule has 1 N–H and O–H groups in total. The smallest absolute Gasteiger partial charge is 0.278 e. The third kappa shape index (κ3) is 3.16. The number of hydrogen-bond donors (Lipinski definition) is 1. The third-order valence-corrected chi connectivity index (χ3v) is 4.36. The van der Waals surface area contributed by atoms with E-state index in [4.69, 9.17) is 0 Å². The summed E-state index contributed by atoms with van der Waals surface area (Å²) in [6, 6.07) is 3.80. The number of nitrogens with zero attached hydrogens (tertiary/aromatic N) is 6. The molecule has 0 atom stereocenters. The van der Waals surface area contributed by atoms with Crippen LogP contribution in [0.5, 0.6) is 0 Å². The number of imidazole rings is 1. The predicted molar refractivity (Wildman–Crippen MR) is 94.9 cm³/mol. The Morgan fingerprint density at radius 1 is 1.04 bits per heavy atom. The Kier molecular flexibility index (Phi) is 4.02. The number of likely N-dealkylation sites (N-methyl/N-ethyl adjacent to an activating group) is 1. The first-order valence-electron chi connectivity index (χ1n) is 8.19. The van der Waals surface area contributed by atoms with Gasteiger partial charge in [0.05, 0.1) is 11.9 Å². The van der Waals surface area contributed by atoms with Gasteiger partial charge < -0.3 is 19.5 Å². The molecule has 0 spiro atoms. The van der Waals surface area contributed by atoms with E-state index in [0.29, 0.717) is 11.3 Å². The van der Waals surface area contributed by atoms with Crippen LogP contribution in [-0.2, 0) is 0 Å². The normalized spacial score (nSPS) is 15.5. The molecule has 8 nitrogen and oxygen atoms in total. The Hall–Kier alpha value is -3.00. The van der Waals surface area contributed by atoms with Crippen molar-refractivity contribution in [2.75, 3.05) is 43.4 Å². The number of hydrogen-bond acceptors (Lipinski definition) is 6. The van der Waals surface area contributed by atoms with Crippen LogP contribution in [0.1, 0.15) is 10.5 Å². The van der Waals surface area contributed by atoms with E-state index in [-0.39, 0.29) is 11.6 Å². The number of nitrogens with one attached hydrogen (secondary N) is 1. The van der Waals surface area contributed by atoms with Gasteiger partial charge in [-0.15, -0.1) is 0 Å². The molecule has 3 aromatic rings. The molecule has 0 radical (unpaired) electrons.